The second-order valence-corrected chi connectivity index (χ2v) is 10.1. The van der Waals surface area contributed by atoms with Gasteiger partial charge >= 0.3 is 0 Å². The number of halogens is 2. The summed E-state index contributed by atoms with van der Waals surface area (Å²) in [4.78, 5) is 31.8. The minimum atomic E-state index is -0.645. The van der Waals surface area contributed by atoms with Crippen molar-refractivity contribution >= 4 is 68.8 Å². The number of carbonyl (C=O) groups is 2. The molecule has 202 valence electrons. The van der Waals surface area contributed by atoms with Gasteiger partial charge in [-0.2, -0.15) is 0 Å². The predicted molar refractivity (Wildman–Crippen MR) is 155 cm³/mol. The number of hydrogen-bond acceptors (Lipinski definition) is 7. The normalized spacial score (nSPS) is 12.6. The molecule has 0 radical (unpaired) electrons. The van der Waals surface area contributed by atoms with Crippen molar-refractivity contribution < 1.29 is 23.8 Å². The molecule has 0 spiro atoms. The van der Waals surface area contributed by atoms with Gasteiger partial charge in [0.05, 0.1) is 21.5 Å². The molecule has 0 saturated carbocycles. The van der Waals surface area contributed by atoms with Crippen molar-refractivity contribution in [1.29, 1.82) is 0 Å². The van der Waals surface area contributed by atoms with Crippen LogP contribution < -0.4 is 15.4 Å². The van der Waals surface area contributed by atoms with Crippen LogP contribution in [0.4, 0.5) is 10.1 Å². The fourth-order valence-electron chi connectivity index (χ4n) is 4.12. The van der Waals surface area contributed by atoms with Crippen LogP contribution in [0.1, 0.15) is 28.1 Å². The summed E-state index contributed by atoms with van der Waals surface area (Å²) in [6.07, 6.45) is 3.49. The van der Waals surface area contributed by atoms with Gasteiger partial charge in [-0.1, -0.05) is 18.2 Å². The maximum atomic E-state index is 14.9. The zero-order chi connectivity index (χ0) is 26.6. The van der Waals surface area contributed by atoms with Gasteiger partial charge in [0.2, 0.25) is 5.91 Å². The summed E-state index contributed by atoms with van der Waals surface area (Å²) < 4.78 is 21.4. The van der Waals surface area contributed by atoms with Gasteiger partial charge in [-0.05, 0) is 49.3 Å². The Kier molecular flexibility index (Phi) is 8.95. The highest BCUT2D eigenvalue weighted by atomic mass is 35.5. The quantitative estimate of drug-likeness (QED) is 0.251. The lowest BCUT2D eigenvalue weighted by molar-refractivity contribution is -0.119. The van der Waals surface area contributed by atoms with E-state index in [0.29, 0.717) is 32.1 Å². The molecule has 0 atom stereocenters. The second-order valence-electron chi connectivity index (χ2n) is 8.69. The Morgan fingerprint density at radius 1 is 1.10 bits per heavy atom. The van der Waals surface area contributed by atoms with Crippen LogP contribution in [0.2, 0.25) is 0 Å². The fourth-order valence-corrected chi connectivity index (χ4v) is 5.39. The molecule has 12 heteroatoms. The van der Waals surface area contributed by atoms with Crippen molar-refractivity contribution in [1.82, 2.24) is 15.2 Å². The minimum absolute atomic E-state index is 0. The lowest BCUT2D eigenvalue weighted by atomic mass is 10.1. The van der Waals surface area contributed by atoms with Crippen LogP contribution in [0.3, 0.4) is 0 Å². The second kappa shape index (κ2) is 12.4. The van der Waals surface area contributed by atoms with E-state index >= 15 is 0 Å². The molecule has 3 N–H and O–H groups in total. The molecule has 4 aromatic rings. The molecule has 2 aromatic carbocycles. The number of amides is 2. The summed E-state index contributed by atoms with van der Waals surface area (Å²) in [6.45, 7) is 1.50. The monoisotopic (exact) mass is 586 g/mol. The number of ether oxygens (including phenoxy) is 1. The third-order valence-electron chi connectivity index (χ3n) is 5.99. The number of pyridine rings is 1. The Hall–Kier alpha value is -3.80. The molecular formula is C27H24ClFN4O4S2. The van der Waals surface area contributed by atoms with Gasteiger partial charge in [0.15, 0.2) is 16.7 Å². The summed E-state index contributed by atoms with van der Waals surface area (Å²) >= 11 is 6.44. The number of benzene rings is 2. The van der Waals surface area contributed by atoms with Gasteiger partial charge in [0.1, 0.15) is 11.5 Å². The van der Waals surface area contributed by atoms with E-state index in [0.717, 1.165) is 25.9 Å². The highest BCUT2D eigenvalue weighted by Gasteiger charge is 2.23. The number of hydrogen-bond donors (Lipinski definition) is 3. The van der Waals surface area contributed by atoms with Crippen LogP contribution in [0, 0.1) is 5.82 Å². The molecule has 1 fully saturated rings. The summed E-state index contributed by atoms with van der Waals surface area (Å²) in [5, 5.41) is 15.1. The molecule has 0 aliphatic carbocycles. The van der Waals surface area contributed by atoms with Gasteiger partial charge in [0, 0.05) is 42.7 Å². The van der Waals surface area contributed by atoms with Crippen LogP contribution in [0.15, 0.2) is 60.8 Å². The number of carbonyl (C=O) groups excluding carboxylic acids is 2. The largest absolute Gasteiger partial charge is 0.508 e. The van der Waals surface area contributed by atoms with E-state index in [-0.39, 0.29) is 41.3 Å². The Morgan fingerprint density at radius 3 is 2.62 bits per heavy atom. The topological polar surface area (TPSA) is 104 Å². The number of fused-ring (bicyclic) bond motifs is 1. The molecule has 8 nitrogen and oxygen atoms in total. The Labute approximate surface area is 239 Å². The SMILES string of the molecule is Cl.O=C(Cc1ccccc1O)NC(=S)Nc1ccc(Oc2ccnc3cc(C(=O)N4CCCC4)sc23)c(F)c1. The van der Waals surface area contributed by atoms with Crippen LogP contribution in [0.25, 0.3) is 10.2 Å². The smallest absolute Gasteiger partial charge is 0.264 e. The number of likely N-dealkylation sites (tertiary alicyclic amines) is 1. The Bertz CT molecular complexity index is 1540. The molecule has 0 bridgehead atoms. The maximum absolute atomic E-state index is 14.9. The summed E-state index contributed by atoms with van der Waals surface area (Å²) in [6, 6.07) is 14.1. The van der Waals surface area contributed by atoms with E-state index in [4.69, 9.17) is 17.0 Å². The van der Waals surface area contributed by atoms with Crippen molar-refractivity contribution in [2.75, 3.05) is 18.4 Å². The van der Waals surface area contributed by atoms with Crippen molar-refractivity contribution in [3.05, 3.63) is 77.1 Å². The predicted octanol–water partition coefficient (Wildman–Crippen LogP) is 5.65. The first-order valence-corrected chi connectivity index (χ1v) is 13.1. The number of thiocarbonyl (C=S) groups is 1. The third-order valence-corrected chi connectivity index (χ3v) is 7.32. The van der Waals surface area contributed by atoms with Crippen molar-refractivity contribution in [2.24, 2.45) is 0 Å². The van der Waals surface area contributed by atoms with Crippen molar-refractivity contribution in [3.8, 4) is 17.2 Å². The molecule has 2 amide bonds. The van der Waals surface area contributed by atoms with Crippen LogP contribution in [-0.2, 0) is 11.2 Å². The zero-order valence-corrected chi connectivity index (χ0v) is 22.9. The number of phenolic OH excluding ortho intramolecular Hbond substituents is 1. The number of rotatable bonds is 6. The summed E-state index contributed by atoms with van der Waals surface area (Å²) in [5.74, 6) is -0.701. The molecule has 1 aliphatic heterocycles. The molecule has 2 aromatic heterocycles. The molecule has 0 unspecified atom stereocenters. The van der Waals surface area contributed by atoms with E-state index in [2.05, 4.69) is 15.6 Å². The van der Waals surface area contributed by atoms with Gasteiger partial charge < -0.3 is 25.4 Å². The van der Waals surface area contributed by atoms with E-state index in [9.17, 15) is 19.1 Å². The molecule has 3 heterocycles. The lowest BCUT2D eigenvalue weighted by Gasteiger charge is -2.13. The molecule has 5 rings (SSSR count). The number of para-hydroxylation sites is 1. The van der Waals surface area contributed by atoms with E-state index in [1.807, 2.05) is 4.90 Å². The number of aromatic hydroxyl groups is 1. The number of thiophene rings is 1. The maximum Gasteiger partial charge on any atom is 0.264 e. The highest BCUT2D eigenvalue weighted by Crippen LogP contribution is 2.36. The first-order valence-electron chi connectivity index (χ1n) is 11.9. The summed E-state index contributed by atoms with van der Waals surface area (Å²) in [7, 11) is 0. The van der Waals surface area contributed by atoms with Crippen LogP contribution >= 0.6 is 36.0 Å². The fraction of sp³-hybridized carbons (Fsp3) is 0.185. The number of anilines is 1. The zero-order valence-electron chi connectivity index (χ0n) is 20.5. The lowest BCUT2D eigenvalue weighted by Crippen LogP contribution is -2.35. The van der Waals surface area contributed by atoms with Gasteiger partial charge in [0.25, 0.3) is 5.91 Å². The number of aromatic nitrogens is 1. The molecular weight excluding hydrogens is 563 g/mol. The number of nitrogens with zero attached hydrogens (tertiary/aromatic N) is 2. The Morgan fingerprint density at radius 2 is 1.87 bits per heavy atom. The van der Waals surface area contributed by atoms with Crippen LogP contribution in [0.5, 0.6) is 17.2 Å². The van der Waals surface area contributed by atoms with Crippen molar-refractivity contribution in [3.63, 3.8) is 0 Å². The number of phenols is 1. The van der Waals surface area contributed by atoms with E-state index in [1.54, 1.807) is 42.6 Å². The first kappa shape index (κ1) is 28.2. The Balaban J connectivity index is 0.00000353. The van der Waals surface area contributed by atoms with E-state index < -0.39 is 11.7 Å². The minimum Gasteiger partial charge on any atom is -0.508 e. The van der Waals surface area contributed by atoms with Gasteiger partial charge in [-0.3, -0.25) is 14.6 Å². The average molecular weight is 587 g/mol. The molecule has 1 saturated heterocycles. The average Bonchev–Trinajstić information content (AvgIpc) is 3.57. The number of nitrogens with one attached hydrogen (secondary N) is 2. The van der Waals surface area contributed by atoms with E-state index in [1.165, 1.54) is 29.5 Å². The molecule has 1 aliphatic rings. The summed E-state index contributed by atoms with van der Waals surface area (Å²) in [5.41, 5.74) is 1.39. The highest BCUT2D eigenvalue weighted by molar-refractivity contribution is 7.80. The first-order chi connectivity index (χ1) is 18.4. The van der Waals surface area contributed by atoms with Gasteiger partial charge in [-0.15, -0.1) is 23.7 Å². The molecule has 39 heavy (non-hydrogen) atoms. The van der Waals surface area contributed by atoms with Crippen molar-refractivity contribution in [2.45, 2.75) is 19.3 Å². The third kappa shape index (κ3) is 6.62. The standard InChI is InChI=1S/C27H23FN4O4S2.ClH/c28-18-14-17(30-27(37)31-24(34)13-16-5-1-2-6-20(16)33)7-8-21(18)36-22-9-10-29-19-15-23(38-25(19)22)26(35)32-11-3-4-12-32;/h1-2,5-10,14-15,33H,3-4,11-13H2,(H2,30,31,34,37);1H. The van der Waals surface area contributed by atoms with Gasteiger partial charge in [-0.25, -0.2) is 4.39 Å². The van der Waals surface area contributed by atoms with Crippen LogP contribution in [-0.4, -0.2) is 45.0 Å².